The van der Waals surface area contributed by atoms with Crippen LogP contribution in [0.1, 0.15) is 25.0 Å². The molecule has 80 valence electrons. The van der Waals surface area contributed by atoms with Gasteiger partial charge in [-0.05, 0) is 37.9 Å². The van der Waals surface area contributed by atoms with Crippen molar-refractivity contribution in [2.45, 2.75) is 25.8 Å². The van der Waals surface area contributed by atoms with Crippen molar-refractivity contribution in [3.8, 4) is 0 Å². The molecule has 0 atom stereocenters. The highest BCUT2D eigenvalue weighted by molar-refractivity contribution is 5.44. The first kappa shape index (κ1) is 10.1. The smallest absolute Gasteiger partial charge is 0.269 e. The van der Waals surface area contributed by atoms with Gasteiger partial charge in [-0.2, -0.15) is 0 Å². The standard InChI is InChI=1S/C11H14N2O2/c1-11(2)10-7-9(13(14)15)4-3-8(10)5-6-12-11/h3-4,7,12H,5-6H2,1-2H3. The van der Waals surface area contributed by atoms with E-state index in [4.69, 9.17) is 0 Å². The molecule has 0 saturated carbocycles. The number of non-ortho nitro benzene ring substituents is 1. The molecular weight excluding hydrogens is 192 g/mol. The third-order valence-corrected chi connectivity index (χ3v) is 2.94. The Bertz CT molecular complexity index is 413. The molecule has 1 aliphatic rings. The van der Waals surface area contributed by atoms with Crippen molar-refractivity contribution in [3.05, 3.63) is 39.4 Å². The molecule has 1 heterocycles. The zero-order valence-electron chi connectivity index (χ0n) is 8.91. The average molecular weight is 206 g/mol. The van der Waals surface area contributed by atoms with E-state index >= 15 is 0 Å². The van der Waals surface area contributed by atoms with E-state index in [1.54, 1.807) is 12.1 Å². The summed E-state index contributed by atoms with van der Waals surface area (Å²) in [6, 6.07) is 5.14. The summed E-state index contributed by atoms with van der Waals surface area (Å²) in [5.41, 5.74) is 2.26. The summed E-state index contributed by atoms with van der Waals surface area (Å²) in [6.45, 7) is 5.03. The summed E-state index contributed by atoms with van der Waals surface area (Å²) in [6.07, 6.45) is 0.941. The minimum Gasteiger partial charge on any atom is -0.307 e. The van der Waals surface area contributed by atoms with Crippen molar-refractivity contribution in [2.24, 2.45) is 0 Å². The first-order chi connectivity index (χ1) is 7.00. The molecule has 0 bridgehead atoms. The number of rotatable bonds is 1. The van der Waals surface area contributed by atoms with Gasteiger partial charge in [0.2, 0.25) is 0 Å². The van der Waals surface area contributed by atoms with Crippen LogP contribution >= 0.6 is 0 Å². The molecule has 0 fully saturated rings. The lowest BCUT2D eigenvalue weighted by molar-refractivity contribution is -0.385. The molecule has 0 amide bonds. The minimum atomic E-state index is -0.342. The van der Waals surface area contributed by atoms with Gasteiger partial charge in [0, 0.05) is 17.7 Å². The highest BCUT2D eigenvalue weighted by Crippen LogP contribution is 2.30. The van der Waals surface area contributed by atoms with Crippen LogP contribution in [0.25, 0.3) is 0 Å². The Morgan fingerprint density at radius 2 is 2.20 bits per heavy atom. The normalized spacial score (nSPS) is 18.3. The van der Waals surface area contributed by atoms with Gasteiger partial charge in [0.25, 0.3) is 5.69 Å². The predicted molar refractivity (Wildman–Crippen MR) is 57.8 cm³/mol. The van der Waals surface area contributed by atoms with Crippen molar-refractivity contribution in [1.29, 1.82) is 0 Å². The second kappa shape index (κ2) is 3.31. The maximum absolute atomic E-state index is 10.7. The summed E-state index contributed by atoms with van der Waals surface area (Å²) in [7, 11) is 0. The van der Waals surface area contributed by atoms with Gasteiger partial charge in [-0.15, -0.1) is 0 Å². The fourth-order valence-corrected chi connectivity index (χ4v) is 2.08. The average Bonchev–Trinajstić information content (AvgIpc) is 2.17. The highest BCUT2D eigenvalue weighted by Gasteiger charge is 2.28. The summed E-state index contributed by atoms with van der Waals surface area (Å²) < 4.78 is 0. The Kier molecular flexibility index (Phi) is 2.23. The van der Waals surface area contributed by atoms with Crippen LogP contribution < -0.4 is 5.32 Å². The second-order valence-electron chi connectivity index (χ2n) is 4.40. The monoisotopic (exact) mass is 206 g/mol. The number of nitrogens with one attached hydrogen (secondary N) is 1. The largest absolute Gasteiger partial charge is 0.307 e. The van der Waals surface area contributed by atoms with E-state index in [1.165, 1.54) is 5.56 Å². The number of hydrogen-bond donors (Lipinski definition) is 1. The fraction of sp³-hybridized carbons (Fsp3) is 0.455. The molecule has 1 aromatic carbocycles. The summed E-state index contributed by atoms with van der Waals surface area (Å²) in [5, 5.41) is 14.0. The van der Waals surface area contributed by atoms with Gasteiger partial charge < -0.3 is 5.32 Å². The Morgan fingerprint density at radius 1 is 1.47 bits per heavy atom. The third-order valence-electron chi connectivity index (χ3n) is 2.94. The first-order valence-electron chi connectivity index (χ1n) is 5.03. The molecule has 1 aliphatic heterocycles. The van der Waals surface area contributed by atoms with Crippen molar-refractivity contribution in [2.75, 3.05) is 6.54 Å². The molecule has 1 N–H and O–H groups in total. The van der Waals surface area contributed by atoms with Gasteiger partial charge in [-0.3, -0.25) is 10.1 Å². The second-order valence-corrected chi connectivity index (χ2v) is 4.40. The molecule has 4 heteroatoms. The minimum absolute atomic E-state index is 0.167. The number of nitro groups is 1. The van der Waals surface area contributed by atoms with E-state index in [2.05, 4.69) is 19.2 Å². The summed E-state index contributed by atoms with van der Waals surface area (Å²) in [5.74, 6) is 0. The molecular formula is C11H14N2O2. The van der Waals surface area contributed by atoms with Gasteiger partial charge in [-0.25, -0.2) is 0 Å². The van der Waals surface area contributed by atoms with Crippen LogP contribution in [0.15, 0.2) is 18.2 Å². The molecule has 0 aromatic heterocycles. The van der Waals surface area contributed by atoms with Crippen LogP contribution in [0, 0.1) is 10.1 Å². The molecule has 0 unspecified atom stereocenters. The highest BCUT2D eigenvalue weighted by atomic mass is 16.6. The van der Waals surface area contributed by atoms with Gasteiger partial charge >= 0.3 is 0 Å². The Morgan fingerprint density at radius 3 is 2.87 bits per heavy atom. The van der Waals surface area contributed by atoms with E-state index < -0.39 is 0 Å². The summed E-state index contributed by atoms with van der Waals surface area (Å²) >= 11 is 0. The van der Waals surface area contributed by atoms with Gasteiger partial charge in [0.05, 0.1) is 4.92 Å². The number of hydrogen-bond acceptors (Lipinski definition) is 3. The lowest BCUT2D eigenvalue weighted by atomic mass is 9.85. The molecule has 0 radical (unpaired) electrons. The number of benzene rings is 1. The van der Waals surface area contributed by atoms with E-state index in [0.717, 1.165) is 18.5 Å². The topological polar surface area (TPSA) is 55.2 Å². The predicted octanol–water partition coefficient (Wildman–Crippen LogP) is 1.98. The lowest BCUT2D eigenvalue weighted by Gasteiger charge is -2.33. The summed E-state index contributed by atoms with van der Waals surface area (Å²) in [4.78, 5) is 10.3. The van der Waals surface area contributed by atoms with Crippen molar-refractivity contribution in [3.63, 3.8) is 0 Å². The van der Waals surface area contributed by atoms with Crippen LogP contribution in [0.4, 0.5) is 5.69 Å². The van der Waals surface area contributed by atoms with Gasteiger partial charge in [0.15, 0.2) is 0 Å². The number of nitrogens with zero attached hydrogens (tertiary/aromatic N) is 1. The molecule has 2 rings (SSSR count). The Balaban J connectivity index is 2.53. The van der Waals surface area contributed by atoms with Crippen molar-refractivity contribution >= 4 is 5.69 Å². The van der Waals surface area contributed by atoms with E-state index in [1.807, 2.05) is 6.07 Å². The van der Waals surface area contributed by atoms with E-state index in [-0.39, 0.29) is 16.1 Å². The van der Waals surface area contributed by atoms with Crippen molar-refractivity contribution in [1.82, 2.24) is 5.32 Å². The van der Waals surface area contributed by atoms with E-state index in [9.17, 15) is 10.1 Å². The number of fused-ring (bicyclic) bond motifs is 1. The van der Waals surface area contributed by atoms with Gasteiger partial charge in [-0.1, -0.05) is 6.07 Å². The van der Waals surface area contributed by atoms with Crippen LogP contribution in [-0.4, -0.2) is 11.5 Å². The zero-order chi connectivity index (χ0) is 11.1. The molecule has 15 heavy (non-hydrogen) atoms. The fourth-order valence-electron chi connectivity index (χ4n) is 2.08. The molecule has 0 saturated heterocycles. The van der Waals surface area contributed by atoms with Crippen LogP contribution in [-0.2, 0) is 12.0 Å². The van der Waals surface area contributed by atoms with Crippen molar-refractivity contribution < 1.29 is 4.92 Å². The molecule has 0 aliphatic carbocycles. The molecule has 4 nitrogen and oxygen atoms in total. The number of nitro benzene ring substituents is 1. The van der Waals surface area contributed by atoms with Crippen LogP contribution in [0.2, 0.25) is 0 Å². The lowest BCUT2D eigenvalue weighted by Crippen LogP contribution is -2.42. The van der Waals surface area contributed by atoms with Crippen LogP contribution in [0.3, 0.4) is 0 Å². The SMILES string of the molecule is CC1(C)NCCc2ccc([N+](=O)[O-])cc21. The first-order valence-corrected chi connectivity index (χ1v) is 5.03. The Hall–Kier alpha value is -1.42. The molecule has 1 aromatic rings. The molecule has 0 spiro atoms. The quantitative estimate of drug-likeness (QED) is 0.564. The van der Waals surface area contributed by atoms with Gasteiger partial charge in [0.1, 0.15) is 0 Å². The van der Waals surface area contributed by atoms with E-state index in [0.29, 0.717) is 0 Å². The third kappa shape index (κ3) is 1.72. The Labute approximate surface area is 88.5 Å². The zero-order valence-corrected chi connectivity index (χ0v) is 8.91. The maximum atomic E-state index is 10.7. The maximum Gasteiger partial charge on any atom is 0.269 e. The van der Waals surface area contributed by atoms with Crippen LogP contribution in [0.5, 0.6) is 0 Å².